The summed E-state index contributed by atoms with van der Waals surface area (Å²) < 4.78 is 45.7. The Hall–Kier alpha value is -2.17. The number of hydrogen-bond donors (Lipinski definition) is 0. The lowest BCUT2D eigenvalue weighted by Gasteiger charge is -2.15. The zero-order valence-electron chi connectivity index (χ0n) is 12.6. The standard InChI is InChI=1S/C17H19F3O2/c1-4-6-7-15(5-2)21-12-13(3)14-8-10-16(11-9-14)22-17(18,19)20/h4-11,13H,2,12H2,1,3H3/b6-4-,15-7+. The fourth-order valence-electron chi connectivity index (χ4n) is 1.68. The molecule has 0 aliphatic carbocycles. The molecule has 1 aromatic rings. The Labute approximate surface area is 128 Å². The Kier molecular flexibility index (Phi) is 6.76. The molecule has 0 saturated heterocycles. The van der Waals surface area contributed by atoms with Crippen LogP contribution in [0.2, 0.25) is 0 Å². The first-order valence-corrected chi connectivity index (χ1v) is 6.79. The third kappa shape index (κ3) is 6.52. The van der Waals surface area contributed by atoms with Crippen molar-refractivity contribution in [1.29, 1.82) is 0 Å². The average molecular weight is 312 g/mol. The van der Waals surface area contributed by atoms with E-state index in [0.29, 0.717) is 12.4 Å². The third-order valence-electron chi connectivity index (χ3n) is 2.84. The Bertz CT molecular complexity index is 528. The van der Waals surface area contributed by atoms with Crippen molar-refractivity contribution >= 4 is 0 Å². The molecule has 0 saturated carbocycles. The molecule has 0 heterocycles. The van der Waals surface area contributed by atoms with E-state index >= 15 is 0 Å². The molecule has 120 valence electrons. The highest BCUT2D eigenvalue weighted by Gasteiger charge is 2.31. The van der Waals surface area contributed by atoms with Gasteiger partial charge in [-0.3, -0.25) is 0 Å². The Balaban J connectivity index is 2.62. The van der Waals surface area contributed by atoms with Crippen LogP contribution in [0.5, 0.6) is 5.75 Å². The molecule has 22 heavy (non-hydrogen) atoms. The number of rotatable bonds is 7. The fourth-order valence-corrected chi connectivity index (χ4v) is 1.68. The molecule has 1 rings (SSSR count). The average Bonchev–Trinajstić information content (AvgIpc) is 2.46. The number of benzene rings is 1. The topological polar surface area (TPSA) is 18.5 Å². The summed E-state index contributed by atoms with van der Waals surface area (Å²) in [5, 5.41) is 0. The van der Waals surface area contributed by atoms with Crippen LogP contribution in [0.4, 0.5) is 13.2 Å². The lowest BCUT2D eigenvalue weighted by atomic mass is 10.0. The van der Waals surface area contributed by atoms with Crippen LogP contribution in [0.25, 0.3) is 0 Å². The van der Waals surface area contributed by atoms with Gasteiger partial charge in [0.1, 0.15) is 11.5 Å². The van der Waals surface area contributed by atoms with Crippen molar-refractivity contribution in [3.8, 4) is 5.75 Å². The predicted molar refractivity (Wildman–Crippen MR) is 80.6 cm³/mol. The predicted octanol–water partition coefficient (Wildman–Crippen LogP) is 5.35. The Morgan fingerprint density at radius 1 is 1.27 bits per heavy atom. The summed E-state index contributed by atoms with van der Waals surface area (Å²) in [5.74, 6) is 0.431. The van der Waals surface area contributed by atoms with Crippen molar-refractivity contribution < 1.29 is 22.6 Å². The first kappa shape index (κ1) is 17.9. The van der Waals surface area contributed by atoms with E-state index in [4.69, 9.17) is 4.74 Å². The molecule has 0 aliphatic heterocycles. The van der Waals surface area contributed by atoms with Crippen molar-refractivity contribution in [3.05, 3.63) is 66.5 Å². The first-order valence-electron chi connectivity index (χ1n) is 6.79. The number of halogens is 3. The van der Waals surface area contributed by atoms with E-state index in [1.54, 1.807) is 24.3 Å². The first-order chi connectivity index (χ1) is 10.4. The lowest BCUT2D eigenvalue weighted by molar-refractivity contribution is -0.274. The summed E-state index contributed by atoms with van der Waals surface area (Å²) in [7, 11) is 0. The van der Waals surface area contributed by atoms with Gasteiger partial charge >= 0.3 is 6.36 Å². The van der Waals surface area contributed by atoms with E-state index in [2.05, 4.69) is 11.3 Å². The zero-order chi connectivity index (χ0) is 16.6. The summed E-state index contributed by atoms with van der Waals surface area (Å²) in [6, 6.07) is 5.78. The number of alkyl halides is 3. The molecule has 1 atom stereocenters. The van der Waals surface area contributed by atoms with E-state index in [0.717, 1.165) is 5.56 Å². The lowest BCUT2D eigenvalue weighted by Crippen LogP contribution is -2.17. The SMILES string of the molecule is C=C/C(=C\C=C/C)OCC(C)c1ccc(OC(F)(F)F)cc1. The van der Waals surface area contributed by atoms with Crippen LogP contribution in [-0.4, -0.2) is 13.0 Å². The molecular formula is C17H19F3O2. The molecule has 5 heteroatoms. The molecule has 0 fully saturated rings. The molecule has 1 aromatic carbocycles. The van der Waals surface area contributed by atoms with Crippen LogP contribution in [0.1, 0.15) is 25.3 Å². The molecule has 0 N–H and O–H groups in total. The molecule has 0 aromatic heterocycles. The van der Waals surface area contributed by atoms with Gasteiger partial charge in [-0.05, 0) is 36.8 Å². The van der Waals surface area contributed by atoms with Gasteiger partial charge in [0.25, 0.3) is 0 Å². The van der Waals surface area contributed by atoms with E-state index in [1.165, 1.54) is 12.1 Å². The minimum Gasteiger partial charge on any atom is -0.493 e. The largest absolute Gasteiger partial charge is 0.573 e. The van der Waals surface area contributed by atoms with Crippen molar-refractivity contribution in [3.63, 3.8) is 0 Å². The van der Waals surface area contributed by atoms with Gasteiger partial charge in [-0.2, -0.15) is 0 Å². The summed E-state index contributed by atoms with van der Waals surface area (Å²) in [6.45, 7) is 7.88. The zero-order valence-corrected chi connectivity index (χ0v) is 12.6. The van der Waals surface area contributed by atoms with E-state index in [-0.39, 0.29) is 11.7 Å². The Morgan fingerprint density at radius 2 is 1.91 bits per heavy atom. The van der Waals surface area contributed by atoms with Gasteiger partial charge in [-0.1, -0.05) is 37.8 Å². The van der Waals surface area contributed by atoms with Crippen LogP contribution in [0.15, 0.2) is 60.9 Å². The summed E-state index contributed by atoms with van der Waals surface area (Å²) in [4.78, 5) is 0. The van der Waals surface area contributed by atoms with Crippen LogP contribution in [-0.2, 0) is 4.74 Å². The van der Waals surface area contributed by atoms with E-state index < -0.39 is 6.36 Å². The minimum atomic E-state index is -4.67. The normalized spacial score (nSPS) is 14.0. The van der Waals surface area contributed by atoms with Crippen LogP contribution < -0.4 is 4.74 Å². The smallest absolute Gasteiger partial charge is 0.493 e. The van der Waals surface area contributed by atoms with Gasteiger partial charge in [-0.15, -0.1) is 13.2 Å². The highest BCUT2D eigenvalue weighted by Crippen LogP contribution is 2.25. The van der Waals surface area contributed by atoms with E-state index in [9.17, 15) is 13.2 Å². The number of allylic oxidation sites excluding steroid dienone is 4. The molecule has 0 amide bonds. The van der Waals surface area contributed by atoms with Gasteiger partial charge in [-0.25, -0.2) is 0 Å². The molecule has 0 radical (unpaired) electrons. The second kappa shape index (κ2) is 8.32. The van der Waals surface area contributed by atoms with Gasteiger partial charge in [0.15, 0.2) is 0 Å². The maximum absolute atomic E-state index is 12.1. The monoisotopic (exact) mass is 312 g/mol. The second-order valence-corrected chi connectivity index (χ2v) is 4.63. The molecule has 0 bridgehead atoms. The summed E-state index contributed by atoms with van der Waals surface area (Å²) >= 11 is 0. The Morgan fingerprint density at radius 3 is 2.41 bits per heavy atom. The van der Waals surface area contributed by atoms with Crippen molar-refractivity contribution in [2.75, 3.05) is 6.61 Å². The van der Waals surface area contributed by atoms with Crippen molar-refractivity contribution in [1.82, 2.24) is 0 Å². The van der Waals surface area contributed by atoms with Gasteiger partial charge in [0.05, 0.1) is 6.61 Å². The van der Waals surface area contributed by atoms with Gasteiger partial charge < -0.3 is 9.47 Å². The van der Waals surface area contributed by atoms with Gasteiger partial charge in [0, 0.05) is 5.92 Å². The molecular weight excluding hydrogens is 293 g/mol. The summed E-state index contributed by atoms with van der Waals surface area (Å²) in [6.07, 6.45) is 2.43. The maximum atomic E-state index is 12.1. The minimum absolute atomic E-state index is 0.0221. The highest BCUT2D eigenvalue weighted by atomic mass is 19.4. The third-order valence-corrected chi connectivity index (χ3v) is 2.84. The molecule has 2 nitrogen and oxygen atoms in total. The fraction of sp³-hybridized carbons (Fsp3) is 0.294. The molecule has 0 spiro atoms. The number of hydrogen-bond acceptors (Lipinski definition) is 2. The van der Waals surface area contributed by atoms with Crippen molar-refractivity contribution in [2.45, 2.75) is 26.1 Å². The van der Waals surface area contributed by atoms with Crippen LogP contribution in [0, 0.1) is 0 Å². The molecule has 1 unspecified atom stereocenters. The second-order valence-electron chi connectivity index (χ2n) is 4.63. The highest BCUT2D eigenvalue weighted by molar-refractivity contribution is 5.29. The summed E-state index contributed by atoms with van der Waals surface area (Å²) in [5.41, 5.74) is 0.865. The van der Waals surface area contributed by atoms with Gasteiger partial charge in [0.2, 0.25) is 0 Å². The quantitative estimate of drug-likeness (QED) is 0.499. The van der Waals surface area contributed by atoms with E-state index in [1.807, 2.05) is 26.0 Å². The van der Waals surface area contributed by atoms with Crippen LogP contribution >= 0.6 is 0 Å². The molecule has 0 aliphatic rings. The van der Waals surface area contributed by atoms with Crippen LogP contribution in [0.3, 0.4) is 0 Å². The van der Waals surface area contributed by atoms with Crippen molar-refractivity contribution in [2.24, 2.45) is 0 Å². The maximum Gasteiger partial charge on any atom is 0.573 e. The number of ether oxygens (including phenoxy) is 2.